The summed E-state index contributed by atoms with van der Waals surface area (Å²) in [6.07, 6.45) is 2.91. The lowest BCUT2D eigenvalue weighted by Crippen LogP contribution is -2.00. The van der Waals surface area contributed by atoms with Gasteiger partial charge in [-0.25, -0.2) is 4.79 Å². The van der Waals surface area contributed by atoms with E-state index in [2.05, 4.69) is 10.1 Å². The van der Waals surface area contributed by atoms with Crippen LogP contribution in [-0.4, -0.2) is 16.1 Å². The standard InChI is InChI=1S/C13H11ClN2O3/c1-2-3-12(17)18-8-11-15-13(16-19-11)9-4-6-10(14)7-5-9/h2-7H,8H2,1H3/b3-2+. The van der Waals surface area contributed by atoms with Gasteiger partial charge in [-0.2, -0.15) is 4.98 Å². The summed E-state index contributed by atoms with van der Waals surface area (Å²) in [5.74, 6) is 0.213. The molecular weight excluding hydrogens is 268 g/mol. The van der Waals surface area contributed by atoms with Gasteiger partial charge in [-0.1, -0.05) is 22.8 Å². The van der Waals surface area contributed by atoms with E-state index in [0.29, 0.717) is 10.8 Å². The second-order valence-corrected chi connectivity index (χ2v) is 4.06. The Morgan fingerprint density at radius 2 is 2.16 bits per heavy atom. The molecule has 0 atom stereocenters. The molecule has 0 radical (unpaired) electrons. The zero-order valence-corrected chi connectivity index (χ0v) is 10.9. The number of benzene rings is 1. The predicted octanol–water partition coefficient (Wildman–Crippen LogP) is 3.01. The average molecular weight is 279 g/mol. The molecule has 2 aromatic rings. The smallest absolute Gasteiger partial charge is 0.330 e. The summed E-state index contributed by atoms with van der Waals surface area (Å²) in [5.41, 5.74) is 0.777. The Balaban J connectivity index is 2.03. The normalized spacial score (nSPS) is 10.8. The Morgan fingerprint density at radius 1 is 1.42 bits per heavy atom. The molecule has 0 aliphatic heterocycles. The van der Waals surface area contributed by atoms with Crippen LogP contribution in [0.25, 0.3) is 11.4 Å². The molecule has 0 saturated heterocycles. The lowest BCUT2D eigenvalue weighted by Gasteiger charge is -1.95. The van der Waals surface area contributed by atoms with Crippen molar-refractivity contribution < 1.29 is 14.1 Å². The molecule has 5 nitrogen and oxygen atoms in total. The van der Waals surface area contributed by atoms with E-state index < -0.39 is 5.97 Å². The Bertz CT molecular complexity index is 590. The first kappa shape index (κ1) is 13.3. The van der Waals surface area contributed by atoms with Crippen LogP contribution < -0.4 is 0 Å². The van der Waals surface area contributed by atoms with Gasteiger partial charge in [-0.05, 0) is 31.2 Å². The molecule has 2 rings (SSSR count). The number of halogens is 1. The van der Waals surface area contributed by atoms with Crippen LogP contribution in [0.1, 0.15) is 12.8 Å². The minimum absolute atomic E-state index is 0.0518. The monoisotopic (exact) mass is 278 g/mol. The van der Waals surface area contributed by atoms with E-state index >= 15 is 0 Å². The highest BCUT2D eigenvalue weighted by atomic mass is 35.5. The van der Waals surface area contributed by atoms with E-state index in [-0.39, 0.29) is 12.5 Å². The molecule has 0 aliphatic carbocycles. The molecule has 0 saturated carbocycles. The van der Waals surface area contributed by atoms with E-state index in [0.717, 1.165) is 5.56 Å². The molecular formula is C13H11ClN2O3. The van der Waals surface area contributed by atoms with Crippen LogP contribution in [0, 0.1) is 0 Å². The van der Waals surface area contributed by atoms with Crippen LogP contribution in [0.3, 0.4) is 0 Å². The Labute approximate surface area is 114 Å². The largest absolute Gasteiger partial charge is 0.452 e. The van der Waals surface area contributed by atoms with Crippen LogP contribution in [0.5, 0.6) is 0 Å². The third kappa shape index (κ3) is 3.66. The van der Waals surface area contributed by atoms with E-state index in [9.17, 15) is 4.79 Å². The predicted molar refractivity (Wildman–Crippen MR) is 69.4 cm³/mol. The SMILES string of the molecule is C/C=C/C(=O)OCc1nc(-c2ccc(Cl)cc2)no1. The van der Waals surface area contributed by atoms with Crippen LogP contribution in [0.2, 0.25) is 5.02 Å². The van der Waals surface area contributed by atoms with E-state index in [1.165, 1.54) is 6.08 Å². The van der Waals surface area contributed by atoms with Gasteiger partial charge in [-0.15, -0.1) is 0 Å². The molecule has 1 aromatic carbocycles. The number of nitrogens with zero attached hydrogens (tertiary/aromatic N) is 2. The molecule has 0 aliphatic rings. The maximum Gasteiger partial charge on any atom is 0.330 e. The molecule has 0 bridgehead atoms. The lowest BCUT2D eigenvalue weighted by molar-refractivity contribution is -0.139. The lowest BCUT2D eigenvalue weighted by atomic mass is 10.2. The van der Waals surface area contributed by atoms with Crippen molar-refractivity contribution in [1.82, 2.24) is 10.1 Å². The van der Waals surface area contributed by atoms with Crippen molar-refractivity contribution in [2.45, 2.75) is 13.5 Å². The number of carbonyl (C=O) groups excluding carboxylic acids is 1. The van der Waals surface area contributed by atoms with Crippen molar-refractivity contribution in [1.29, 1.82) is 0 Å². The first-order chi connectivity index (χ1) is 9.19. The van der Waals surface area contributed by atoms with Gasteiger partial charge in [0.25, 0.3) is 5.89 Å². The van der Waals surface area contributed by atoms with E-state index in [1.807, 2.05) is 0 Å². The summed E-state index contributed by atoms with van der Waals surface area (Å²) in [7, 11) is 0. The van der Waals surface area contributed by atoms with Crippen molar-refractivity contribution in [3.63, 3.8) is 0 Å². The molecule has 1 heterocycles. The van der Waals surface area contributed by atoms with Crippen molar-refractivity contribution >= 4 is 17.6 Å². The number of esters is 1. The van der Waals surface area contributed by atoms with Gasteiger partial charge >= 0.3 is 5.97 Å². The van der Waals surface area contributed by atoms with Gasteiger partial charge in [-0.3, -0.25) is 0 Å². The first-order valence-corrected chi connectivity index (χ1v) is 5.95. The van der Waals surface area contributed by atoms with E-state index in [4.69, 9.17) is 20.9 Å². The maximum absolute atomic E-state index is 11.1. The summed E-state index contributed by atoms with van der Waals surface area (Å²) in [4.78, 5) is 15.2. The van der Waals surface area contributed by atoms with Crippen molar-refractivity contribution in [3.8, 4) is 11.4 Å². The zero-order chi connectivity index (χ0) is 13.7. The molecule has 98 valence electrons. The number of carbonyl (C=O) groups is 1. The van der Waals surface area contributed by atoms with Gasteiger partial charge in [0.05, 0.1) is 0 Å². The van der Waals surface area contributed by atoms with E-state index in [1.54, 1.807) is 37.3 Å². The maximum atomic E-state index is 11.1. The van der Waals surface area contributed by atoms with Crippen molar-refractivity contribution in [2.24, 2.45) is 0 Å². The summed E-state index contributed by atoms with van der Waals surface area (Å²) in [6, 6.07) is 7.03. The zero-order valence-electron chi connectivity index (χ0n) is 10.2. The third-order valence-corrected chi connectivity index (χ3v) is 2.46. The fraction of sp³-hybridized carbons (Fsp3) is 0.154. The highest BCUT2D eigenvalue weighted by molar-refractivity contribution is 6.30. The average Bonchev–Trinajstić information content (AvgIpc) is 2.86. The third-order valence-electron chi connectivity index (χ3n) is 2.21. The molecule has 1 aromatic heterocycles. The number of ether oxygens (including phenoxy) is 1. The number of hydrogen-bond acceptors (Lipinski definition) is 5. The minimum atomic E-state index is -0.450. The van der Waals surface area contributed by atoms with Crippen LogP contribution in [-0.2, 0) is 16.1 Å². The Kier molecular flexibility index (Phi) is 4.30. The molecule has 0 fully saturated rings. The summed E-state index contributed by atoms with van der Waals surface area (Å²) in [5, 5.41) is 4.43. The highest BCUT2D eigenvalue weighted by Crippen LogP contribution is 2.18. The molecule has 0 unspecified atom stereocenters. The fourth-order valence-electron chi connectivity index (χ4n) is 1.35. The van der Waals surface area contributed by atoms with Gasteiger partial charge in [0, 0.05) is 16.7 Å². The number of rotatable bonds is 4. The number of hydrogen-bond donors (Lipinski definition) is 0. The van der Waals surface area contributed by atoms with Crippen molar-refractivity contribution in [2.75, 3.05) is 0 Å². The Morgan fingerprint density at radius 3 is 2.84 bits per heavy atom. The second-order valence-electron chi connectivity index (χ2n) is 3.63. The van der Waals surface area contributed by atoms with Crippen LogP contribution >= 0.6 is 11.6 Å². The fourth-order valence-corrected chi connectivity index (χ4v) is 1.47. The van der Waals surface area contributed by atoms with Crippen molar-refractivity contribution in [3.05, 3.63) is 47.3 Å². The second kappa shape index (κ2) is 6.15. The number of aromatic nitrogens is 2. The summed E-state index contributed by atoms with van der Waals surface area (Å²) >= 11 is 5.79. The quantitative estimate of drug-likeness (QED) is 0.635. The Hall–Kier alpha value is -2.14. The van der Waals surface area contributed by atoms with Gasteiger partial charge in [0.1, 0.15) is 0 Å². The topological polar surface area (TPSA) is 65.2 Å². The summed E-state index contributed by atoms with van der Waals surface area (Å²) < 4.78 is 9.88. The highest BCUT2D eigenvalue weighted by Gasteiger charge is 2.09. The van der Waals surface area contributed by atoms with Gasteiger partial charge in [0.2, 0.25) is 5.82 Å². The molecule has 0 N–H and O–H groups in total. The molecule has 0 amide bonds. The van der Waals surface area contributed by atoms with Crippen LogP contribution in [0.4, 0.5) is 0 Å². The van der Waals surface area contributed by atoms with Gasteiger partial charge < -0.3 is 9.26 Å². The molecule has 0 spiro atoms. The summed E-state index contributed by atoms with van der Waals surface area (Å²) in [6.45, 7) is 1.68. The van der Waals surface area contributed by atoms with Gasteiger partial charge in [0.15, 0.2) is 6.61 Å². The minimum Gasteiger partial charge on any atom is -0.452 e. The first-order valence-electron chi connectivity index (χ1n) is 5.57. The number of allylic oxidation sites excluding steroid dienone is 1. The molecule has 6 heteroatoms. The van der Waals surface area contributed by atoms with Crippen LogP contribution in [0.15, 0.2) is 40.9 Å². The molecule has 19 heavy (non-hydrogen) atoms.